The van der Waals surface area contributed by atoms with Crippen molar-refractivity contribution in [1.82, 2.24) is 15.6 Å². The normalized spacial score (nSPS) is 22.7. The zero-order valence-corrected chi connectivity index (χ0v) is 11.8. The van der Waals surface area contributed by atoms with Gasteiger partial charge in [-0.1, -0.05) is 19.9 Å². The predicted molar refractivity (Wildman–Crippen MR) is 75.7 cm³/mol. The van der Waals surface area contributed by atoms with Gasteiger partial charge in [-0.25, -0.2) is 0 Å². The maximum Gasteiger partial charge on any atom is 0.227 e. The maximum atomic E-state index is 12.4. The van der Waals surface area contributed by atoms with Crippen molar-refractivity contribution in [2.75, 3.05) is 19.6 Å². The monoisotopic (exact) mass is 261 g/mol. The highest BCUT2D eigenvalue weighted by Gasteiger charge is 2.43. The third kappa shape index (κ3) is 3.13. The van der Waals surface area contributed by atoms with Gasteiger partial charge >= 0.3 is 0 Å². The summed E-state index contributed by atoms with van der Waals surface area (Å²) < 4.78 is 0. The largest absolute Gasteiger partial charge is 0.355 e. The van der Waals surface area contributed by atoms with E-state index >= 15 is 0 Å². The number of hydrogen-bond donors (Lipinski definition) is 2. The van der Waals surface area contributed by atoms with Gasteiger partial charge in [0.2, 0.25) is 5.91 Å². The standard InChI is InChI=1S/C15H23N3O/c1-12(2)15(7-10-16-11-15)14(19)18-9-6-13-5-3-4-8-17-13/h3-5,8,12,16H,6-7,9-11H2,1-2H3,(H,18,19). The topological polar surface area (TPSA) is 54.0 Å². The Balaban J connectivity index is 1.87. The molecule has 4 heteroatoms. The van der Waals surface area contributed by atoms with E-state index in [2.05, 4.69) is 29.5 Å². The van der Waals surface area contributed by atoms with Gasteiger partial charge in [-0.3, -0.25) is 9.78 Å². The van der Waals surface area contributed by atoms with Gasteiger partial charge in [0.25, 0.3) is 0 Å². The van der Waals surface area contributed by atoms with Gasteiger partial charge in [0, 0.05) is 31.4 Å². The van der Waals surface area contributed by atoms with E-state index in [-0.39, 0.29) is 11.3 Å². The SMILES string of the molecule is CC(C)C1(C(=O)NCCc2ccccn2)CCNC1. The number of carbonyl (C=O) groups is 1. The van der Waals surface area contributed by atoms with Gasteiger partial charge in [-0.05, 0) is 31.0 Å². The molecule has 0 aliphatic carbocycles. The summed E-state index contributed by atoms with van der Waals surface area (Å²) in [4.78, 5) is 16.7. The van der Waals surface area contributed by atoms with E-state index in [1.807, 2.05) is 18.2 Å². The molecule has 4 nitrogen and oxygen atoms in total. The molecule has 1 saturated heterocycles. The van der Waals surface area contributed by atoms with Crippen molar-refractivity contribution in [3.63, 3.8) is 0 Å². The smallest absolute Gasteiger partial charge is 0.227 e. The van der Waals surface area contributed by atoms with Crippen LogP contribution in [0.1, 0.15) is 26.0 Å². The third-order valence-corrected chi connectivity index (χ3v) is 4.14. The number of carbonyl (C=O) groups excluding carboxylic acids is 1. The quantitative estimate of drug-likeness (QED) is 0.842. The van der Waals surface area contributed by atoms with Crippen LogP contribution in [-0.4, -0.2) is 30.5 Å². The van der Waals surface area contributed by atoms with Crippen LogP contribution >= 0.6 is 0 Å². The zero-order chi connectivity index (χ0) is 13.7. The minimum Gasteiger partial charge on any atom is -0.355 e. The Morgan fingerprint density at radius 1 is 1.53 bits per heavy atom. The first-order valence-corrected chi connectivity index (χ1v) is 7.04. The van der Waals surface area contributed by atoms with Gasteiger partial charge in [0.05, 0.1) is 5.41 Å². The van der Waals surface area contributed by atoms with Crippen LogP contribution in [0, 0.1) is 11.3 Å². The molecule has 0 bridgehead atoms. The number of pyridine rings is 1. The van der Waals surface area contributed by atoms with E-state index < -0.39 is 0 Å². The van der Waals surface area contributed by atoms with Crippen LogP contribution in [0.25, 0.3) is 0 Å². The van der Waals surface area contributed by atoms with Crippen LogP contribution < -0.4 is 10.6 Å². The summed E-state index contributed by atoms with van der Waals surface area (Å²) in [6.45, 7) is 6.65. The fraction of sp³-hybridized carbons (Fsp3) is 0.600. The van der Waals surface area contributed by atoms with Crippen LogP contribution in [0.15, 0.2) is 24.4 Å². The molecule has 1 fully saturated rings. The Hall–Kier alpha value is -1.42. The summed E-state index contributed by atoms with van der Waals surface area (Å²) in [5.74, 6) is 0.542. The summed E-state index contributed by atoms with van der Waals surface area (Å²) >= 11 is 0. The number of aromatic nitrogens is 1. The Kier molecular flexibility index (Phi) is 4.53. The highest BCUT2D eigenvalue weighted by molar-refractivity contribution is 5.83. The minimum absolute atomic E-state index is 0.184. The second-order valence-electron chi connectivity index (χ2n) is 5.56. The molecule has 1 aliphatic rings. The summed E-state index contributed by atoms with van der Waals surface area (Å²) in [5.41, 5.74) is 0.787. The zero-order valence-electron chi connectivity index (χ0n) is 11.8. The molecule has 2 N–H and O–H groups in total. The highest BCUT2D eigenvalue weighted by atomic mass is 16.2. The molecule has 0 aromatic carbocycles. The number of rotatable bonds is 5. The molecular formula is C15H23N3O. The molecule has 1 aliphatic heterocycles. The number of amides is 1. The highest BCUT2D eigenvalue weighted by Crippen LogP contribution is 2.34. The second kappa shape index (κ2) is 6.15. The van der Waals surface area contributed by atoms with Crippen molar-refractivity contribution in [3.05, 3.63) is 30.1 Å². The summed E-state index contributed by atoms with van der Waals surface area (Å²) in [5, 5.41) is 6.39. The molecule has 0 spiro atoms. The molecule has 2 rings (SSSR count). The van der Waals surface area contributed by atoms with E-state index in [0.717, 1.165) is 31.6 Å². The van der Waals surface area contributed by atoms with Crippen LogP contribution in [0.5, 0.6) is 0 Å². The Morgan fingerprint density at radius 2 is 2.37 bits per heavy atom. The van der Waals surface area contributed by atoms with Crippen LogP contribution in [0.4, 0.5) is 0 Å². The molecule has 1 unspecified atom stereocenters. The fourth-order valence-electron chi connectivity index (χ4n) is 2.69. The van der Waals surface area contributed by atoms with Gasteiger partial charge in [0.15, 0.2) is 0 Å². The molecule has 19 heavy (non-hydrogen) atoms. The average molecular weight is 261 g/mol. The van der Waals surface area contributed by atoms with E-state index in [9.17, 15) is 4.79 Å². The Bertz CT molecular complexity index is 411. The number of nitrogens with zero attached hydrogens (tertiary/aromatic N) is 1. The molecule has 1 amide bonds. The van der Waals surface area contributed by atoms with E-state index in [4.69, 9.17) is 0 Å². The molecule has 1 aromatic rings. The molecular weight excluding hydrogens is 238 g/mol. The Labute approximate surface area is 115 Å². The van der Waals surface area contributed by atoms with E-state index in [1.165, 1.54) is 0 Å². The van der Waals surface area contributed by atoms with Crippen molar-refractivity contribution in [2.24, 2.45) is 11.3 Å². The minimum atomic E-state index is -0.232. The number of hydrogen-bond acceptors (Lipinski definition) is 3. The van der Waals surface area contributed by atoms with Crippen molar-refractivity contribution >= 4 is 5.91 Å². The molecule has 104 valence electrons. The molecule has 1 aromatic heterocycles. The first-order chi connectivity index (χ1) is 9.15. The van der Waals surface area contributed by atoms with Gasteiger partial charge in [0.1, 0.15) is 0 Å². The van der Waals surface area contributed by atoms with Gasteiger partial charge in [-0.2, -0.15) is 0 Å². The molecule has 0 saturated carbocycles. The summed E-state index contributed by atoms with van der Waals surface area (Å²) in [7, 11) is 0. The summed E-state index contributed by atoms with van der Waals surface area (Å²) in [6, 6.07) is 5.86. The molecule has 2 heterocycles. The Morgan fingerprint density at radius 3 is 2.95 bits per heavy atom. The summed E-state index contributed by atoms with van der Waals surface area (Å²) in [6.07, 6.45) is 3.50. The lowest BCUT2D eigenvalue weighted by atomic mass is 9.75. The second-order valence-corrected chi connectivity index (χ2v) is 5.56. The lowest BCUT2D eigenvalue weighted by Crippen LogP contribution is -2.46. The van der Waals surface area contributed by atoms with Crippen LogP contribution in [-0.2, 0) is 11.2 Å². The number of nitrogens with one attached hydrogen (secondary N) is 2. The van der Waals surface area contributed by atoms with Crippen molar-refractivity contribution in [2.45, 2.75) is 26.7 Å². The van der Waals surface area contributed by atoms with Crippen molar-refractivity contribution in [1.29, 1.82) is 0 Å². The molecule has 1 atom stereocenters. The predicted octanol–water partition coefficient (Wildman–Crippen LogP) is 1.38. The fourth-order valence-corrected chi connectivity index (χ4v) is 2.69. The van der Waals surface area contributed by atoms with Crippen LogP contribution in [0.2, 0.25) is 0 Å². The van der Waals surface area contributed by atoms with Crippen molar-refractivity contribution < 1.29 is 4.79 Å². The van der Waals surface area contributed by atoms with Gasteiger partial charge < -0.3 is 10.6 Å². The van der Waals surface area contributed by atoms with E-state index in [1.54, 1.807) is 6.20 Å². The maximum absolute atomic E-state index is 12.4. The van der Waals surface area contributed by atoms with Crippen LogP contribution in [0.3, 0.4) is 0 Å². The van der Waals surface area contributed by atoms with Gasteiger partial charge in [-0.15, -0.1) is 0 Å². The van der Waals surface area contributed by atoms with Crippen molar-refractivity contribution in [3.8, 4) is 0 Å². The third-order valence-electron chi connectivity index (χ3n) is 4.14. The lowest BCUT2D eigenvalue weighted by molar-refractivity contribution is -0.132. The molecule has 0 radical (unpaired) electrons. The lowest BCUT2D eigenvalue weighted by Gasteiger charge is -2.31. The first kappa shape index (κ1) is 14.0. The first-order valence-electron chi connectivity index (χ1n) is 7.04. The van der Waals surface area contributed by atoms with E-state index in [0.29, 0.717) is 12.5 Å². The average Bonchev–Trinajstić information content (AvgIpc) is 2.90.